The van der Waals surface area contributed by atoms with Gasteiger partial charge in [0.05, 0.1) is 6.10 Å². The van der Waals surface area contributed by atoms with E-state index in [0.29, 0.717) is 5.65 Å². The van der Waals surface area contributed by atoms with Crippen molar-refractivity contribution in [2.24, 2.45) is 0 Å². The van der Waals surface area contributed by atoms with E-state index < -0.39 is 0 Å². The summed E-state index contributed by atoms with van der Waals surface area (Å²) in [7, 11) is 0. The third kappa shape index (κ3) is 1.63. The molecular formula is C11H13N3O2. The molecule has 0 aromatic carbocycles. The van der Waals surface area contributed by atoms with Crippen LogP contribution in [0.2, 0.25) is 0 Å². The number of ether oxygens (including phenoxy) is 1. The molecule has 1 aliphatic heterocycles. The Morgan fingerprint density at radius 3 is 3.25 bits per heavy atom. The highest BCUT2D eigenvalue weighted by Gasteiger charge is 2.18. The zero-order chi connectivity index (χ0) is 11.0. The minimum absolute atomic E-state index is 0.161. The fourth-order valence-electron chi connectivity index (χ4n) is 2.03. The zero-order valence-corrected chi connectivity index (χ0v) is 8.83. The van der Waals surface area contributed by atoms with Gasteiger partial charge in [0, 0.05) is 19.2 Å². The first-order valence-corrected chi connectivity index (χ1v) is 5.48. The van der Waals surface area contributed by atoms with E-state index in [4.69, 9.17) is 4.74 Å². The van der Waals surface area contributed by atoms with Gasteiger partial charge in [-0.15, -0.1) is 0 Å². The number of fused-ring (bicyclic) bond motifs is 1. The van der Waals surface area contributed by atoms with Crippen LogP contribution in [0, 0.1) is 0 Å². The molecule has 0 radical (unpaired) electrons. The lowest BCUT2D eigenvalue weighted by Gasteiger charge is -2.04. The van der Waals surface area contributed by atoms with Crippen molar-refractivity contribution in [3.63, 3.8) is 0 Å². The summed E-state index contributed by atoms with van der Waals surface area (Å²) in [5, 5.41) is 13.9. The number of aromatic nitrogens is 3. The maximum absolute atomic E-state index is 9.59. The van der Waals surface area contributed by atoms with Gasteiger partial charge in [-0.05, 0) is 25.0 Å². The molecule has 84 valence electrons. The lowest BCUT2D eigenvalue weighted by atomic mass is 10.2. The summed E-state index contributed by atoms with van der Waals surface area (Å²) in [6.45, 7) is 0.837. The van der Waals surface area contributed by atoms with Gasteiger partial charge in [-0.3, -0.25) is 0 Å². The van der Waals surface area contributed by atoms with E-state index in [9.17, 15) is 5.11 Å². The molecule has 1 fully saturated rings. The number of nitrogens with zero attached hydrogens (tertiary/aromatic N) is 3. The highest BCUT2D eigenvalue weighted by molar-refractivity contribution is 5.51. The minimum atomic E-state index is 0.161. The normalized spacial score (nSPS) is 20.6. The molecule has 1 saturated heterocycles. The van der Waals surface area contributed by atoms with E-state index in [1.807, 2.05) is 0 Å². The van der Waals surface area contributed by atoms with E-state index in [0.717, 1.165) is 31.7 Å². The van der Waals surface area contributed by atoms with Crippen molar-refractivity contribution in [1.82, 2.24) is 14.6 Å². The first kappa shape index (κ1) is 9.59. The van der Waals surface area contributed by atoms with E-state index >= 15 is 0 Å². The summed E-state index contributed by atoms with van der Waals surface area (Å²) in [6, 6.07) is 3.35. The van der Waals surface area contributed by atoms with Crippen molar-refractivity contribution in [2.45, 2.75) is 25.4 Å². The van der Waals surface area contributed by atoms with Gasteiger partial charge < -0.3 is 9.84 Å². The van der Waals surface area contributed by atoms with Gasteiger partial charge in [-0.1, -0.05) is 0 Å². The monoisotopic (exact) mass is 219 g/mol. The molecule has 0 bridgehead atoms. The molecule has 1 N–H and O–H groups in total. The molecule has 1 unspecified atom stereocenters. The maximum atomic E-state index is 9.59. The van der Waals surface area contributed by atoms with Crippen LogP contribution in [-0.2, 0) is 11.2 Å². The molecule has 2 aromatic rings. The van der Waals surface area contributed by atoms with Crippen LogP contribution in [0.5, 0.6) is 5.75 Å². The van der Waals surface area contributed by atoms with Crippen LogP contribution in [0.4, 0.5) is 0 Å². The Kier molecular flexibility index (Phi) is 2.25. The predicted molar refractivity (Wildman–Crippen MR) is 57.3 cm³/mol. The number of hydrogen-bond donors (Lipinski definition) is 1. The van der Waals surface area contributed by atoms with E-state index in [1.54, 1.807) is 22.8 Å². The van der Waals surface area contributed by atoms with Gasteiger partial charge in [0.2, 0.25) is 0 Å². The molecule has 5 nitrogen and oxygen atoms in total. The number of hydrogen-bond acceptors (Lipinski definition) is 4. The summed E-state index contributed by atoms with van der Waals surface area (Å²) < 4.78 is 7.13. The van der Waals surface area contributed by atoms with Crippen molar-refractivity contribution in [2.75, 3.05) is 6.61 Å². The third-order valence-corrected chi connectivity index (χ3v) is 2.82. The van der Waals surface area contributed by atoms with Crippen LogP contribution in [0.25, 0.3) is 5.65 Å². The van der Waals surface area contributed by atoms with Gasteiger partial charge >= 0.3 is 0 Å². The van der Waals surface area contributed by atoms with Crippen molar-refractivity contribution in [3.8, 4) is 5.75 Å². The Hall–Kier alpha value is -1.62. The largest absolute Gasteiger partial charge is 0.504 e. The highest BCUT2D eigenvalue weighted by atomic mass is 16.5. The summed E-state index contributed by atoms with van der Waals surface area (Å²) >= 11 is 0. The first-order chi connectivity index (χ1) is 7.83. The van der Waals surface area contributed by atoms with Gasteiger partial charge in [0.1, 0.15) is 0 Å². The Labute approximate surface area is 92.7 Å². The molecular weight excluding hydrogens is 206 g/mol. The Balaban J connectivity index is 1.90. The second-order valence-corrected chi connectivity index (χ2v) is 4.03. The Bertz CT molecular complexity index is 503. The van der Waals surface area contributed by atoms with Crippen LogP contribution >= 0.6 is 0 Å². The summed E-state index contributed by atoms with van der Waals surface area (Å²) in [4.78, 5) is 4.30. The number of pyridine rings is 1. The standard InChI is InChI=1S/C11H13N3O2/c15-9-4-1-5-14-11(9)12-10(13-14)7-8-3-2-6-16-8/h1,4-5,8,15H,2-3,6-7H2. The second kappa shape index (κ2) is 3.75. The van der Waals surface area contributed by atoms with Gasteiger partial charge in [-0.2, -0.15) is 5.10 Å². The molecule has 16 heavy (non-hydrogen) atoms. The molecule has 0 spiro atoms. The fourth-order valence-corrected chi connectivity index (χ4v) is 2.03. The van der Waals surface area contributed by atoms with E-state index in [2.05, 4.69) is 10.1 Å². The van der Waals surface area contributed by atoms with Gasteiger partial charge in [0.15, 0.2) is 17.2 Å². The Morgan fingerprint density at radius 2 is 2.50 bits per heavy atom. The topological polar surface area (TPSA) is 59.7 Å². The van der Waals surface area contributed by atoms with Gasteiger partial charge in [0.25, 0.3) is 0 Å². The number of rotatable bonds is 2. The zero-order valence-electron chi connectivity index (χ0n) is 8.83. The fraction of sp³-hybridized carbons (Fsp3) is 0.455. The van der Waals surface area contributed by atoms with Crippen molar-refractivity contribution >= 4 is 5.65 Å². The van der Waals surface area contributed by atoms with Crippen molar-refractivity contribution < 1.29 is 9.84 Å². The lowest BCUT2D eigenvalue weighted by molar-refractivity contribution is 0.110. The summed E-state index contributed by atoms with van der Waals surface area (Å²) in [5.74, 6) is 0.891. The van der Waals surface area contributed by atoms with Crippen LogP contribution in [-0.4, -0.2) is 32.4 Å². The second-order valence-electron chi connectivity index (χ2n) is 4.03. The van der Waals surface area contributed by atoms with Crippen LogP contribution in [0.1, 0.15) is 18.7 Å². The Morgan fingerprint density at radius 1 is 1.56 bits per heavy atom. The smallest absolute Gasteiger partial charge is 0.197 e. The third-order valence-electron chi connectivity index (χ3n) is 2.82. The SMILES string of the molecule is Oc1cccn2nc(CC3CCCO3)nc12. The van der Waals surface area contributed by atoms with E-state index in [-0.39, 0.29) is 11.9 Å². The molecule has 0 amide bonds. The average Bonchev–Trinajstić information content (AvgIpc) is 2.88. The first-order valence-electron chi connectivity index (χ1n) is 5.48. The average molecular weight is 219 g/mol. The highest BCUT2D eigenvalue weighted by Crippen LogP contribution is 2.18. The minimum Gasteiger partial charge on any atom is -0.504 e. The van der Waals surface area contributed by atoms with Crippen LogP contribution < -0.4 is 0 Å². The van der Waals surface area contributed by atoms with Crippen molar-refractivity contribution in [1.29, 1.82) is 0 Å². The molecule has 2 aromatic heterocycles. The quantitative estimate of drug-likeness (QED) is 0.823. The maximum Gasteiger partial charge on any atom is 0.197 e. The van der Waals surface area contributed by atoms with Crippen LogP contribution in [0.3, 0.4) is 0 Å². The number of aromatic hydroxyl groups is 1. The van der Waals surface area contributed by atoms with Crippen LogP contribution in [0.15, 0.2) is 18.3 Å². The molecule has 0 aliphatic carbocycles. The summed E-state index contributed by atoms with van der Waals surface area (Å²) in [5.41, 5.74) is 0.510. The molecule has 3 heterocycles. The lowest BCUT2D eigenvalue weighted by Crippen LogP contribution is -2.10. The molecule has 1 aliphatic rings. The molecule has 0 saturated carbocycles. The molecule has 1 atom stereocenters. The summed E-state index contributed by atoms with van der Waals surface area (Å²) in [6.07, 6.45) is 4.92. The van der Waals surface area contributed by atoms with E-state index in [1.165, 1.54) is 0 Å². The molecule has 3 rings (SSSR count). The molecule has 5 heteroatoms. The van der Waals surface area contributed by atoms with Gasteiger partial charge in [-0.25, -0.2) is 9.50 Å². The predicted octanol–water partition coefficient (Wildman–Crippen LogP) is 1.16. The van der Waals surface area contributed by atoms with Crippen molar-refractivity contribution in [3.05, 3.63) is 24.2 Å².